The molecule has 2 aliphatic heterocycles. The Morgan fingerprint density at radius 1 is 1.21 bits per heavy atom. The van der Waals surface area contributed by atoms with Gasteiger partial charge in [0.1, 0.15) is 21.7 Å². The average Bonchev–Trinajstić information content (AvgIpc) is 3.32. The van der Waals surface area contributed by atoms with Gasteiger partial charge >= 0.3 is 0 Å². The molecule has 1 N–H and O–H groups in total. The molecule has 0 saturated carbocycles. The van der Waals surface area contributed by atoms with E-state index in [1.165, 1.54) is 17.3 Å². The number of nitrogens with zero attached hydrogens (tertiary/aromatic N) is 6. The summed E-state index contributed by atoms with van der Waals surface area (Å²) in [7, 11) is -0.468. The highest BCUT2D eigenvalue weighted by Crippen LogP contribution is 2.41. The van der Waals surface area contributed by atoms with Crippen LogP contribution < -0.4 is 5.32 Å². The molecule has 4 heterocycles. The fourth-order valence-electron chi connectivity index (χ4n) is 4.62. The van der Waals surface area contributed by atoms with Crippen LogP contribution in [0.5, 0.6) is 0 Å². The van der Waals surface area contributed by atoms with Crippen molar-refractivity contribution in [1.82, 2.24) is 18.8 Å². The van der Waals surface area contributed by atoms with E-state index in [4.69, 9.17) is 4.98 Å². The second kappa shape index (κ2) is 7.13. The van der Waals surface area contributed by atoms with Gasteiger partial charge in [0.05, 0.1) is 23.0 Å². The quantitative estimate of drug-likeness (QED) is 0.497. The van der Waals surface area contributed by atoms with E-state index < -0.39 is 9.92 Å². The number of nitrogens with one attached hydrogen (secondary N) is 1. The molecule has 0 fully saturated rings. The third-order valence-corrected chi connectivity index (χ3v) is 7.79. The van der Waals surface area contributed by atoms with Crippen molar-refractivity contribution in [3.63, 3.8) is 0 Å². The lowest BCUT2D eigenvalue weighted by molar-refractivity contribution is 0.313. The highest BCUT2D eigenvalue weighted by Gasteiger charge is 2.25. The largest absolute Gasteiger partial charge is 0.324 e. The zero-order chi connectivity index (χ0) is 22.7. The van der Waals surface area contributed by atoms with E-state index in [-0.39, 0.29) is 0 Å². The van der Waals surface area contributed by atoms with Gasteiger partial charge < -0.3 is 10.2 Å². The summed E-state index contributed by atoms with van der Waals surface area (Å²) in [6.07, 6.45) is 5.97. The molecule has 0 aliphatic carbocycles. The van der Waals surface area contributed by atoms with E-state index in [0.29, 0.717) is 22.9 Å². The standard InChI is InChI=1S/C24H21N7OS/c1-30-9-8-15-6-7-18(10-16(15)13-30)27-24-26-12-17(11-25)22(28-24)20-14-31-23-19(20)4-3-5-21(23)29-33(31,2)32/h3-7,10,12,14H,8-9,13H2,1-2H3,(H,26,27,28). The molecule has 0 bridgehead atoms. The SMILES string of the molecule is CN1CCc2ccc(Nc3ncc(C#N)c(-c4cn5c6c(cccc46)N=S5(C)=O)n3)cc2C1. The predicted molar refractivity (Wildman–Crippen MR) is 129 cm³/mol. The van der Waals surface area contributed by atoms with E-state index in [9.17, 15) is 9.47 Å². The lowest BCUT2D eigenvalue weighted by Crippen LogP contribution is -2.26. The number of hydrogen-bond acceptors (Lipinski definition) is 7. The number of hydrogen-bond donors (Lipinski definition) is 1. The van der Waals surface area contributed by atoms with Crippen molar-refractivity contribution in [2.24, 2.45) is 4.36 Å². The van der Waals surface area contributed by atoms with Crippen LogP contribution in [0, 0.1) is 11.3 Å². The number of anilines is 2. The summed E-state index contributed by atoms with van der Waals surface area (Å²) >= 11 is 0. The minimum Gasteiger partial charge on any atom is -0.324 e. The Kier molecular flexibility index (Phi) is 4.30. The summed E-state index contributed by atoms with van der Waals surface area (Å²) in [6.45, 7) is 1.97. The molecule has 4 aromatic rings. The second-order valence-electron chi connectivity index (χ2n) is 8.56. The minimum absolute atomic E-state index is 0.359. The molecule has 0 spiro atoms. The van der Waals surface area contributed by atoms with Crippen LogP contribution in [0.15, 0.2) is 53.2 Å². The summed E-state index contributed by atoms with van der Waals surface area (Å²) < 4.78 is 19.1. The van der Waals surface area contributed by atoms with Crippen molar-refractivity contribution in [2.75, 3.05) is 25.2 Å². The lowest BCUT2D eigenvalue weighted by Gasteiger charge is -2.25. The van der Waals surface area contributed by atoms with Crippen molar-refractivity contribution in [2.45, 2.75) is 13.0 Å². The zero-order valence-corrected chi connectivity index (χ0v) is 19.1. The lowest BCUT2D eigenvalue weighted by atomic mass is 9.99. The highest BCUT2D eigenvalue weighted by atomic mass is 32.2. The van der Waals surface area contributed by atoms with Crippen molar-refractivity contribution < 1.29 is 4.21 Å². The maximum atomic E-state index is 13.0. The van der Waals surface area contributed by atoms with Gasteiger partial charge in [0.25, 0.3) is 0 Å². The van der Waals surface area contributed by atoms with Crippen LogP contribution in [0.1, 0.15) is 16.7 Å². The van der Waals surface area contributed by atoms with Crippen molar-refractivity contribution in [1.29, 1.82) is 5.26 Å². The van der Waals surface area contributed by atoms with Crippen molar-refractivity contribution in [3.05, 3.63) is 65.5 Å². The number of nitriles is 1. The fraction of sp³-hybridized carbons (Fsp3) is 0.208. The Morgan fingerprint density at radius 3 is 2.94 bits per heavy atom. The van der Waals surface area contributed by atoms with Gasteiger partial charge in [-0.1, -0.05) is 18.2 Å². The molecule has 164 valence electrons. The van der Waals surface area contributed by atoms with Gasteiger partial charge in [-0.05, 0) is 42.8 Å². The Hall–Kier alpha value is -3.74. The maximum absolute atomic E-state index is 13.0. The third kappa shape index (κ3) is 3.18. The Morgan fingerprint density at radius 2 is 2.09 bits per heavy atom. The van der Waals surface area contributed by atoms with Gasteiger partial charge in [-0.25, -0.2) is 14.2 Å². The van der Waals surface area contributed by atoms with E-state index in [2.05, 4.69) is 44.8 Å². The zero-order valence-electron chi connectivity index (χ0n) is 18.2. The number of para-hydroxylation sites is 1. The molecule has 9 heteroatoms. The Bertz CT molecular complexity index is 1620. The van der Waals surface area contributed by atoms with Gasteiger partial charge in [-0.3, -0.25) is 3.97 Å². The maximum Gasteiger partial charge on any atom is 0.227 e. The second-order valence-corrected chi connectivity index (χ2v) is 10.7. The van der Waals surface area contributed by atoms with Crippen molar-refractivity contribution in [3.8, 4) is 17.3 Å². The van der Waals surface area contributed by atoms with Gasteiger partial charge in [0, 0.05) is 42.2 Å². The van der Waals surface area contributed by atoms with Crippen LogP contribution in [-0.2, 0) is 22.9 Å². The van der Waals surface area contributed by atoms with E-state index >= 15 is 0 Å². The summed E-state index contributed by atoms with van der Waals surface area (Å²) in [4.78, 5) is 11.4. The Labute approximate surface area is 191 Å². The first kappa shape index (κ1) is 19.9. The fourth-order valence-corrected chi connectivity index (χ4v) is 6.05. The molecule has 6 rings (SSSR count). The minimum atomic E-state index is -2.59. The summed E-state index contributed by atoms with van der Waals surface area (Å²) in [5.74, 6) is 0.407. The van der Waals surface area contributed by atoms with E-state index in [0.717, 1.165) is 41.7 Å². The van der Waals surface area contributed by atoms with Crippen LogP contribution in [-0.4, -0.2) is 42.9 Å². The number of aromatic nitrogens is 3. The topological polar surface area (TPSA) is 99.2 Å². The molecule has 8 nitrogen and oxygen atoms in total. The third-order valence-electron chi connectivity index (χ3n) is 6.23. The molecule has 0 amide bonds. The highest BCUT2D eigenvalue weighted by molar-refractivity contribution is 7.92. The number of benzene rings is 2. The normalized spacial score (nSPS) is 19.2. The molecule has 0 radical (unpaired) electrons. The number of likely N-dealkylation sites (N-methyl/N-ethyl adjacent to an activating group) is 1. The number of fused-ring (bicyclic) bond motifs is 1. The van der Waals surface area contributed by atoms with E-state index in [1.807, 2.05) is 24.3 Å². The first-order chi connectivity index (χ1) is 15.9. The van der Waals surface area contributed by atoms with Gasteiger partial charge in [-0.15, -0.1) is 0 Å². The smallest absolute Gasteiger partial charge is 0.227 e. The molecule has 33 heavy (non-hydrogen) atoms. The molecular weight excluding hydrogens is 434 g/mol. The predicted octanol–water partition coefficient (Wildman–Crippen LogP) is 4.21. The van der Waals surface area contributed by atoms with Crippen molar-refractivity contribution >= 4 is 38.1 Å². The number of rotatable bonds is 3. The molecule has 2 aromatic carbocycles. The molecule has 2 aliphatic rings. The van der Waals surface area contributed by atoms with Crippen LogP contribution in [0.4, 0.5) is 17.3 Å². The summed E-state index contributed by atoms with van der Waals surface area (Å²) in [5.41, 5.74) is 6.66. The Balaban J connectivity index is 1.44. The monoisotopic (exact) mass is 455 g/mol. The van der Waals surface area contributed by atoms with Crippen LogP contribution >= 0.6 is 0 Å². The molecule has 0 saturated heterocycles. The van der Waals surface area contributed by atoms with Crippen LogP contribution in [0.25, 0.3) is 22.2 Å². The van der Waals surface area contributed by atoms with Gasteiger partial charge in [0.2, 0.25) is 5.95 Å². The van der Waals surface area contributed by atoms with Gasteiger partial charge in [0.15, 0.2) is 0 Å². The first-order valence-corrected chi connectivity index (χ1v) is 12.5. The summed E-state index contributed by atoms with van der Waals surface area (Å²) in [6, 6.07) is 14.2. The molecular formula is C24H21N7OS. The van der Waals surface area contributed by atoms with E-state index in [1.54, 1.807) is 16.4 Å². The van der Waals surface area contributed by atoms with Gasteiger partial charge in [-0.2, -0.15) is 9.62 Å². The molecule has 1 atom stereocenters. The van der Waals surface area contributed by atoms with Crippen LogP contribution in [0.3, 0.4) is 0 Å². The molecule has 1 unspecified atom stereocenters. The first-order valence-electron chi connectivity index (χ1n) is 10.6. The summed E-state index contributed by atoms with van der Waals surface area (Å²) in [5, 5.41) is 13.9. The average molecular weight is 456 g/mol. The van der Waals surface area contributed by atoms with Crippen LogP contribution in [0.2, 0.25) is 0 Å². The molecule has 2 aromatic heterocycles.